The van der Waals surface area contributed by atoms with E-state index in [0.29, 0.717) is 21.8 Å². The summed E-state index contributed by atoms with van der Waals surface area (Å²) in [6, 6.07) is 6.43. The van der Waals surface area contributed by atoms with E-state index in [-0.39, 0.29) is 12.3 Å². The summed E-state index contributed by atoms with van der Waals surface area (Å²) in [4.78, 5) is 17.1. The van der Waals surface area contributed by atoms with Crippen molar-refractivity contribution in [2.75, 3.05) is 18.1 Å². The lowest BCUT2D eigenvalue weighted by atomic mass is 10.1. The van der Waals surface area contributed by atoms with E-state index in [1.54, 1.807) is 32.0 Å². The Morgan fingerprint density at radius 3 is 2.70 bits per heavy atom. The van der Waals surface area contributed by atoms with Crippen LogP contribution in [0.1, 0.15) is 29.9 Å². The molecular weight excluding hydrogens is 315 g/mol. The van der Waals surface area contributed by atoms with Gasteiger partial charge in [0.25, 0.3) is 0 Å². The van der Waals surface area contributed by atoms with Crippen molar-refractivity contribution in [2.45, 2.75) is 25.7 Å². The van der Waals surface area contributed by atoms with Gasteiger partial charge < -0.3 is 10.5 Å². The first-order valence-electron chi connectivity index (χ1n) is 7.34. The Kier molecular flexibility index (Phi) is 5.60. The molecule has 0 spiro atoms. The molecule has 0 saturated heterocycles. The highest BCUT2D eigenvalue weighted by Crippen LogP contribution is 2.33. The predicted molar refractivity (Wildman–Crippen MR) is 91.1 cm³/mol. The summed E-state index contributed by atoms with van der Waals surface area (Å²) in [7, 11) is 0. The van der Waals surface area contributed by atoms with Gasteiger partial charge in [0.15, 0.2) is 5.69 Å². The van der Waals surface area contributed by atoms with Crippen LogP contribution in [0.3, 0.4) is 0 Å². The van der Waals surface area contributed by atoms with Gasteiger partial charge in [-0.15, -0.1) is 11.8 Å². The Bertz CT molecular complexity index is 735. The van der Waals surface area contributed by atoms with Gasteiger partial charge >= 0.3 is 5.97 Å². The number of nitrogens with two attached hydrogens (primary N) is 1. The first kappa shape index (κ1) is 17.3. The van der Waals surface area contributed by atoms with Gasteiger partial charge in [0, 0.05) is 11.3 Å². The van der Waals surface area contributed by atoms with Crippen molar-refractivity contribution < 1.29 is 13.9 Å². The molecule has 0 unspecified atom stereocenters. The highest BCUT2D eigenvalue weighted by molar-refractivity contribution is 7.99. The van der Waals surface area contributed by atoms with Crippen molar-refractivity contribution in [2.24, 2.45) is 0 Å². The topological polar surface area (TPSA) is 65.2 Å². The molecule has 0 bridgehead atoms. The number of aromatic nitrogens is 1. The van der Waals surface area contributed by atoms with Crippen LogP contribution in [-0.2, 0) is 4.74 Å². The number of hydrogen-bond acceptors (Lipinski definition) is 5. The number of thioether (sulfide) groups is 1. The third-order valence-corrected chi connectivity index (χ3v) is 4.17. The Hall–Kier alpha value is -2.08. The van der Waals surface area contributed by atoms with Crippen LogP contribution >= 0.6 is 11.8 Å². The summed E-state index contributed by atoms with van der Waals surface area (Å²) in [6.07, 6.45) is 0. The molecule has 0 saturated carbocycles. The van der Waals surface area contributed by atoms with E-state index >= 15 is 0 Å². The van der Waals surface area contributed by atoms with E-state index in [0.717, 1.165) is 11.3 Å². The van der Waals surface area contributed by atoms with E-state index in [9.17, 15) is 9.18 Å². The fourth-order valence-corrected chi connectivity index (χ4v) is 2.93. The number of aryl methyl sites for hydroxylation is 1. The summed E-state index contributed by atoms with van der Waals surface area (Å²) in [5, 5.41) is 0. The lowest BCUT2D eigenvalue weighted by Gasteiger charge is -2.13. The second kappa shape index (κ2) is 7.46. The standard InChI is InChI=1S/C17H19FN2O2S/c1-4-22-17(21)15-16(23-5-2)13(19)9-14(20-15)11-7-6-10(3)8-12(11)18/h6-9H,4-5H2,1-3H3,(H2,19,20). The number of benzene rings is 1. The van der Waals surface area contributed by atoms with Crippen LogP contribution in [0.15, 0.2) is 29.2 Å². The molecular formula is C17H19FN2O2S. The minimum Gasteiger partial charge on any atom is -0.461 e. The second-order valence-corrected chi connectivity index (χ2v) is 6.19. The first-order chi connectivity index (χ1) is 11.0. The van der Waals surface area contributed by atoms with Crippen LogP contribution < -0.4 is 5.73 Å². The van der Waals surface area contributed by atoms with Crippen molar-refractivity contribution in [3.63, 3.8) is 0 Å². The number of anilines is 1. The Balaban J connectivity index is 2.60. The maximum Gasteiger partial charge on any atom is 0.358 e. The van der Waals surface area contributed by atoms with Crippen molar-refractivity contribution in [3.8, 4) is 11.3 Å². The zero-order valence-corrected chi connectivity index (χ0v) is 14.2. The molecule has 2 rings (SSSR count). The number of carbonyl (C=O) groups excluding carboxylic acids is 1. The second-order valence-electron chi connectivity index (χ2n) is 4.91. The molecule has 0 atom stereocenters. The summed E-state index contributed by atoms with van der Waals surface area (Å²) in [5.41, 5.74) is 8.03. The Morgan fingerprint density at radius 2 is 2.09 bits per heavy atom. The molecule has 1 heterocycles. The molecule has 23 heavy (non-hydrogen) atoms. The van der Waals surface area contributed by atoms with Gasteiger partial charge in [-0.1, -0.05) is 13.0 Å². The SMILES string of the molecule is CCOC(=O)c1nc(-c2ccc(C)cc2F)cc(N)c1SCC. The van der Waals surface area contributed by atoms with Crippen LogP contribution in [0.4, 0.5) is 10.1 Å². The summed E-state index contributed by atoms with van der Waals surface area (Å²) >= 11 is 1.41. The van der Waals surface area contributed by atoms with Gasteiger partial charge in [0.05, 0.1) is 17.2 Å². The van der Waals surface area contributed by atoms with E-state index in [1.807, 2.05) is 6.92 Å². The zero-order valence-electron chi connectivity index (χ0n) is 13.4. The summed E-state index contributed by atoms with van der Waals surface area (Å²) in [6.45, 7) is 5.71. The van der Waals surface area contributed by atoms with Crippen LogP contribution in [0, 0.1) is 12.7 Å². The third kappa shape index (κ3) is 3.82. The van der Waals surface area contributed by atoms with E-state index < -0.39 is 11.8 Å². The van der Waals surface area contributed by atoms with Gasteiger partial charge in [-0.05, 0) is 43.4 Å². The minimum atomic E-state index is -0.551. The number of halogens is 1. The molecule has 0 aliphatic carbocycles. The van der Waals surface area contributed by atoms with Crippen molar-refractivity contribution in [3.05, 3.63) is 41.3 Å². The fraction of sp³-hybridized carbons (Fsp3) is 0.294. The lowest BCUT2D eigenvalue weighted by molar-refractivity contribution is 0.0515. The number of pyridine rings is 1. The van der Waals surface area contributed by atoms with Gasteiger partial charge in [0.2, 0.25) is 0 Å². The average molecular weight is 334 g/mol. The molecule has 4 nitrogen and oxygen atoms in total. The van der Waals surface area contributed by atoms with Crippen molar-refractivity contribution in [1.82, 2.24) is 4.98 Å². The van der Waals surface area contributed by atoms with E-state index in [2.05, 4.69) is 4.98 Å². The van der Waals surface area contributed by atoms with Crippen LogP contribution in [0.25, 0.3) is 11.3 Å². The van der Waals surface area contributed by atoms with Gasteiger partial charge in [-0.25, -0.2) is 14.2 Å². The van der Waals surface area contributed by atoms with Crippen LogP contribution in [-0.4, -0.2) is 23.3 Å². The Labute approximate surface area is 139 Å². The third-order valence-electron chi connectivity index (χ3n) is 3.16. The number of carbonyl (C=O) groups is 1. The molecule has 122 valence electrons. The number of rotatable bonds is 5. The number of esters is 1. The highest BCUT2D eigenvalue weighted by atomic mass is 32.2. The molecule has 0 amide bonds. The van der Waals surface area contributed by atoms with E-state index in [4.69, 9.17) is 10.5 Å². The number of hydrogen-bond donors (Lipinski definition) is 1. The van der Waals surface area contributed by atoms with E-state index in [1.165, 1.54) is 17.8 Å². The number of nitrogen functional groups attached to an aromatic ring is 1. The molecule has 0 radical (unpaired) electrons. The van der Waals surface area contributed by atoms with Gasteiger partial charge in [-0.2, -0.15) is 0 Å². The van der Waals surface area contributed by atoms with Crippen LogP contribution in [0.2, 0.25) is 0 Å². The number of nitrogens with zero attached hydrogens (tertiary/aromatic N) is 1. The molecule has 6 heteroatoms. The summed E-state index contributed by atoms with van der Waals surface area (Å²) < 4.78 is 19.2. The largest absolute Gasteiger partial charge is 0.461 e. The highest BCUT2D eigenvalue weighted by Gasteiger charge is 2.20. The van der Waals surface area contributed by atoms with Gasteiger partial charge in [-0.3, -0.25) is 0 Å². The molecule has 2 aromatic rings. The quantitative estimate of drug-likeness (QED) is 0.659. The number of ether oxygens (including phenoxy) is 1. The smallest absolute Gasteiger partial charge is 0.358 e. The Morgan fingerprint density at radius 1 is 1.35 bits per heavy atom. The van der Waals surface area contributed by atoms with Crippen LogP contribution in [0.5, 0.6) is 0 Å². The maximum atomic E-state index is 14.2. The monoisotopic (exact) mass is 334 g/mol. The van der Waals surface area contributed by atoms with Crippen molar-refractivity contribution in [1.29, 1.82) is 0 Å². The molecule has 0 aliphatic rings. The fourth-order valence-electron chi connectivity index (χ4n) is 2.15. The zero-order chi connectivity index (χ0) is 17.0. The normalized spacial score (nSPS) is 10.6. The van der Waals surface area contributed by atoms with Gasteiger partial charge in [0.1, 0.15) is 5.82 Å². The predicted octanol–water partition coefficient (Wildman–Crippen LogP) is 4.07. The lowest BCUT2D eigenvalue weighted by Crippen LogP contribution is -2.11. The molecule has 1 aromatic heterocycles. The van der Waals surface area contributed by atoms with Crippen molar-refractivity contribution >= 4 is 23.4 Å². The molecule has 1 aromatic carbocycles. The first-order valence-corrected chi connectivity index (χ1v) is 8.33. The summed E-state index contributed by atoms with van der Waals surface area (Å²) in [5.74, 6) is -0.219. The minimum absolute atomic E-state index is 0.133. The molecule has 2 N–H and O–H groups in total. The molecule has 0 aliphatic heterocycles. The average Bonchev–Trinajstić information content (AvgIpc) is 2.49. The molecule has 0 fully saturated rings. The maximum absolute atomic E-state index is 14.2.